The lowest BCUT2D eigenvalue weighted by molar-refractivity contribution is -0.120. The van der Waals surface area contributed by atoms with E-state index in [-0.39, 0.29) is 5.91 Å². The zero-order valence-corrected chi connectivity index (χ0v) is 14.0. The molecule has 0 bridgehead atoms. The van der Waals surface area contributed by atoms with Crippen molar-refractivity contribution in [2.24, 2.45) is 0 Å². The molecule has 24 heavy (non-hydrogen) atoms. The van der Waals surface area contributed by atoms with Gasteiger partial charge in [-0.1, -0.05) is 79.7 Å². The molecular weight excluding hydrogens is 294 g/mol. The van der Waals surface area contributed by atoms with Crippen molar-refractivity contribution in [3.8, 4) is 0 Å². The summed E-state index contributed by atoms with van der Waals surface area (Å²) in [6.07, 6.45) is 1.44. The van der Waals surface area contributed by atoms with Gasteiger partial charge in [-0.3, -0.25) is 4.79 Å². The average Bonchev–Trinajstić information content (AvgIpc) is 2.63. The van der Waals surface area contributed by atoms with E-state index >= 15 is 0 Å². The van der Waals surface area contributed by atoms with Gasteiger partial charge in [0.1, 0.15) is 0 Å². The highest BCUT2D eigenvalue weighted by atomic mass is 16.1. The summed E-state index contributed by atoms with van der Waals surface area (Å²) in [4.78, 5) is 12.4. The third kappa shape index (κ3) is 3.83. The molecule has 122 valence electrons. The molecule has 2 heteroatoms. The molecule has 0 saturated carbocycles. The van der Waals surface area contributed by atoms with Crippen LogP contribution in [-0.4, -0.2) is 12.5 Å². The topological polar surface area (TPSA) is 29.1 Å². The predicted molar refractivity (Wildman–Crippen MR) is 100 cm³/mol. The fourth-order valence-corrected chi connectivity index (χ4v) is 3.14. The van der Waals surface area contributed by atoms with Gasteiger partial charge in [-0.15, -0.1) is 0 Å². The van der Waals surface area contributed by atoms with Crippen molar-refractivity contribution in [3.63, 3.8) is 0 Å². The number of rotatable bonds is 6. The Morgan fingerprint density at radius 2 is 1.62 bits per heavy atom. The standard InChI is InChI=1S/C22H23NO/c1-2-17(18-9-4-3-5-10-18)16-23-22(24)15-20-13-8-12-19-11-6-7-14-21(19)20/h3-14,17H,2,15-16H2,1H3,(H,23,24). The van der Waals surface area contributed by atoms with Crippen LogP contribution in [0.3, 0.4) is 0 Å². The molecule has 0 fully saturated rings. The Morgan fingerprint density at radius 1 is 0.917 bits per heavy atom. The van der Waals surface area contributed by atoms with Crippen molar-refractivity contribution in [1.82, 2.24) is 5.32 Å². The van der Waals surface area contributed by atoms with Crippen molar-refractivity contribution in [2.75, 3.05) is 6.54 Å². The number of amides is 1. The lowest BCUT2D eigenvalue weighted by Crippen LogP contribution is -2.29. The summed E-state index contributed by atoms with van der Waals surface area (Å²) in [5.74, 6) is 0.448. The van der Waals surface area contributed by atoms with Gasteiger partial charge in [0.15, 0.2) is 0 Å². The van der Waals surface area contributed by atoms with E-state index in [1.54, 1.807) is 0 Å². The smallest absolute Gasteiger partial charge is 0.224 e. The maximum atomic E-state index is 12.4. The Hall–Kier alpha value is -2.61. The molecular formula is C22H23NO. The largest absolute Gasteiger partial charge is 0.355 e. The Labute approximate surface area is 143 Å². The van der Waals surface area contributed by atoms with Crippen LogP contribution in [0.2, 0.25) is 0 Å². The summed E-state index contributed by atoms with van der Waals surface area (Å²) < 4.78 is 0. The van der Waals surface area contributed by atoms with Gasteiger partial charge in [-0.2, -0.15) is 0 Å². The number of nitrogens with one attached hydrogen (secondary N) is 1. The maximum Gasteiger partial charge on any atom is 0.224 e. The summed E-state index contributed by atoms with van der Waals surface area (Å²) in [5.41, 5.74) is 2.36. The molecule has 3 aromatic carbocycles. The molecule has 0 spiro atoms. The van der Waals surface area contributed by atoms with Crippen LogP contribution in [-0.2, 0) is 11.2 Å². The lowest BCUT2D eigenvalue weighted by Gasteiger charge is -2.16. The van der Waals surface area contributed by atoms with Gasteiger partial charge in [-0.05, 0) is 28.3 Å². The van der Waals surface area contributed by atoms with Gasteiger partial charge in [0, 0.05) is 12.5 Å². The summed E-state index contributed by atoms with van der Waals surface area (Å²) in [6, 6.07) is 24.7. The number of benzene rings is 3. The van der Waals surface area contributed by atoms with E-state index in [0.717, 1.165) is 17.4 Å². The van der Waals surface area contributed by atoms with E-state index in [1.165, 1.54) is 10.9 Å². The number of carbonyl (C=O) groups excluding carboxylic acids is 1. The molecule has 3 rings (SSSR count). The molecule has 0 aliphatic rings. The van der Waals surface area contributed by atoms with Crippen molar-refractivity contribution in [3.05, 3.63) is 83.9 Å². The summed E-state index contributed by atoms with van der Waals surface area (Å²) in [6.45, 7) is 2.85. The number of carbonyl (C=O) groups is 1. The molecule has 1 amide bonds. The van der Waals surface area contributed by atoms with E-state index in [1.807, 2.05) is 30.3 Å². The first-order chi connectivity index (χ1) is 11.8. The van der Waals surface area contributed by atoms with Crippen molar-refractivity contribution in [2.45, 2.75) is 25.7 Å². The first-order valence-corrected chi connectivity index (χ1v) is 8.56. The molecule has 0 heterocycles. The minimum Gasteiger partial charge on any atom is -0.355 e. The second-order valence-corrected chi connectivity index (χ2v) is 6.13. The fourth-order valence-electron chi connectivity index (χ4n) is 3.14. The van der Waals surface area contributed by atoms with Crippen LogP contribution in [0.15, 0.2) is 72.8 Å². The van der Waals surface area contributed by atoms with E-state index in [9.17, 15) is 4.79 Å². The van der Waals surface area contributed by atoms with Gasteiger partial charge >= 0.3 is 0 Å². The van der Waals surface area contributed by atoms with Gasteiger partial charge < -0.3 is 5.32 Å². The number of hydrogen-bond donors (Lipinski definition) is 1. The molecule has 0 aliphatic carbocycles. The zero-order chi connectivity index (χ0) is 16.8. The normalized spacial score (nSPS) is 12.0. The van der Waals surface area contributed by atoms with E-state index < -0.39 is 0 Å². The SMILES string of the molecule is CCC(CNC(=O)Cc1cccc2ccccc12)c1ccccc1. The summed E-state index contributed by atoms with van der Waals surface area (Å²) in [5, 5.41) is 5.44. The van der Waals surface area contributed by atoms with Gasteiger partial charge in [0.2, 0.25) is 5.91 Å². The van der Waals surface area contributed by atoms with Crippen LogP contribution < -0.4 is 5.32 Å². The van der Waals surface area contributed by atoms with Crippen LogP contribution in [0.1, 0.15) is 30.4 Å². The molecule has 1 unspecified atom stereocenters. The van der Waals surface area contributed by atoms with Crippen LogP contribution in [0.4, 0.5) is 0 Å². The molecule has 1 N–H and O–H groups in total. The van der Waals surface area contributed by atoms with Crippen molar-refractivity contribution in [1.29, 1.82) is 0 Å². The van der Waals surface area contributed by atoms with E-state index in [4.69, 9.17) is 0 Å². The van der Waals surface area contributed by atoms with Gasteiger partial charge in [0.05, 0.1) is 6.42 Å². The quantitative estimate of drug-likeness (QED) is 0.702. The first kappa shape index (κ1) is 16.3. The van der Waals surface area contributed by atoms with Crippen LogP contribution in [0, 0.1) is 0 Å². The van der Waals surface area contributed by atoms with Gasteiger partial charge in [0.25, 0.3) is 0 Å². The number of fused-ring (bicyclic) bond motifs is 1. The fraction of sp³-hybridized carbons (Fsp3) is 0.227. The Bertz CT molecular complexity index is 805. The number of hydrogen-bond acceptors (Lipinski definition) is 1. The summed E-state index contributed by atoms with van der Waals surface area (Å²) >= 11 is 0. The monoisotopic (exact) mass is 317 g/mol. The molecule has 0 aliphatic heterocycles. The van der Waals surface area contributed by atoms with Crippen molar-refractivity contribution < 1.29 is 4.79 Å². The zero-order valence-electron chi connectivity index (χ0n) is 14.0. The molecule has 2 nitrogen and oxygen atoms in total. The molecule has 3 aromatic rings. The molecule has 0 aromatic heterocycles. The minimum atomic E-state index is 0.0840. The maximum absolute atomic E-state index is 12.4. The molecule has 0 radical (unpaired) electrons. The minimum absolute atomic E-state index is 0.0840. The average molecular weight is 317 g/mol. The Kier molecular flexibility index (Phi) is 5.27. The summed E-state index contributed by atoms with van der Waals surface area (Å²) in [7, 11) is 0. The van der Waals surface area contributed by atoms with Crippen LogP contribution in [0.5, 0.6) is 0 Å². The first-order valence-electron chi connectivity index (χ1n) is 8.56. The second kappa shape index (κ2) is 7.78. The second-order valence-electron chi connectivity index (χ2n) is 6.13. The van der Waals surface area contributed by atoms with Crippen molar-refractivity contribution >= 4 is 16.7 Å². The van der Waals surface area contributed by atoms with Gasteiger partial charge in [-0.25, -0.2) is 0 Å². The Morgan fingerprint density at radius 3 is 2.42 bits per heavy atom. The van der Waals surface area contributed by atoms with E-state index in [0.29, 0.717) is 18.9 Å². The third-order valence-electron chi connectivity index (χ3n) is 4.54. The highest BCUT2D eigenvalue weighted by molar-refractivity contribution is 5.90. The third-order valence-corrected chi connectivity index (χ3v) is 4.54. The predicted octanol–water partition coefficient (Wildman–Crippen LogP) is 4.69. The molecule has 0 saturated heterocycles. The highest BCUT2D eigenvalue weighted by Gasteiger charge is 2.12. The highest BCUT2D eigenvalue weighted by Crippen LogP contribution is 2.20. The molecule has 1 atom stereocenters. The Balaban J connectivity index is 1.65. The van der Waals surface area contributed by atoms with Crippen LogP contribution in [0.25, 0.3) is 10.8 Å². The van der Waals surface area contributed by atoms with E-state index in [2.05, 4.69) is 54.7 Å². The lowest BCUT2D eigenvalue weighted by atomic mass is 9.96. The van der Waals surface area contributed by atoms with Crippen LogP contribution >= 0.6 is 0 Å².